The zero-order valence-electron chi connectivity index (χ0n) is 18.5. The highest BCUT2D eigenvalue weighted by atomic mass is 32.2. The molecule has 1 saturated heterocycles. The average molecular weight is 508 g/mol. The summed E-state index contributed by atoms with van der Waals surface area (Å²) in [5.74, 6) is 1.44. The Balaban J connectivity index is 1.18. The van der Waals surface area contributed by atoms with Crippen LogP contribution < -0.4 is 20.3 Å². The molecule has 1 aromatic heterocycles. The first kappa shape index (κ1) is 23.0. The van der Waals surface area contributed by atoms with Gasteiger partial charge in [0.25, 0.3) is 10.0 Å². The lowest BCUT2D eigenvalue weighted by atomic mass is 9.93. The quantitative estimate of drug-likeness (QED) is 0.635. The summed E-state index contributed by atoms with van der Waals surface area (Å²) in [5.41, 5.74) is 2.72. The van der Waals surface area contributed by atoms with Crippen LogP contribution in [0.25, 0.3) is 0 Å². The van der Waals surface area contributed by atoms with Crippen LogP contribution in [0.1, 0.15) is 31.4 Å². The van der Waals surface area contributed by atoms with Crippen LogP contribution in [0.3, 0.4) is 0 Å². The molecule has 34 heavy (non-hydrogen) atoms. The van der Waals surface area contributed by atoms with Gasteiger partial charge in [-0.1, -0.05) is 18.2 Å². The Morgan fingerprint density at radius 3 is 2.76 bits per heavy atom. The molecule has 0 saturated carbocycles. The van der Waals surface area contributed by atoms with E-state index in [1.807, 2.05) is 25.1 Å². The number of hydrogen-bond donors (Lipinski definition) is 2. The van der Waals surface area contributed by atoms with E-state index in [1.54, 1.807) is 23.6 Å². The van der Waals surface area contributed by atoms with Gasteiger partial charge in [0, 0.05) is 24.7 Å². The number of nitrogens with zero attached hydrogens (tertiary/aromatic N) is 1. The van der Waals surface area contributed by atoms with Gasteiger partial charge >= 0.3 is 6.09 Å². The summed E-state index contributed by atoms with van der Waals surface area (Å²) in [5, 5.41) is 4.53. The summed E-state index contributed by atoms with van der Waals surface area (Å²) in [6.45, 7) is 3.36. The van der Waals surface area contributed by atoms with Crippen molar-refractivity contribution in [2.24, 2.45) is 0 Å². The number of sulfonamides is 1. The Labute approximate surface area is 201 Å². The highest BCUT2D eigenvalue weighted by molar-refractivity contribution is 7.91. The summed E-state index contributed by atoms with van der Waals surface area (Å²) in [6, 6.07) is 8.47. The normalized spacial score (nSPS) is 20.3. The second-order valence-corrected chi connectivity index (χ2v) is 11.4. The Bertz CT molecular complexity index is 1190. The first-order valence-corrected chi connectivity index (χ1v) is 13.3. The molecule has 5 rings (SSSR count). The predicted octanol–water partition coefficient (Wildman–Crippen LogP) is 2.91. The number of benzene rings is 1. The van der Waals surface area contributed by atoms with Crippen molar-refractivity contribution < 1.29 is 32.3 Å². The number of carbonyl (C=O) groups is 1. The van der Waals surface area contributed by atoms with E-state index >= 15 is 0 Å². The van der Waals surface area contributed by atoms with Crippen molar-refractivity contribution in [1.29, 1.82) is 0 Å². The molecule has 1 atom stereocenters. The molecule has 1 amide bonds. The molecule has 1 aromatic carbocycles. The van der Waals surface area contributed by atoms with Crippen LogP contribution in [0.4, 0.5) is 4.79 Å². The van der Waals surface area contributed by atoms with E-state index in [4.69, 9.17) is 19.0 Å². The minimum Gasteiger partial charge on any atom is -0.486 e. The number of alkyl carbamates (subject to hydrolysis) is 1. The molecule has 0 bridgehead atoms. The lowest BCUT2D eigenvalue weighted by Gasteiger charge is -2.35. The fourth-order valence-corrected chi connectivity index (χ4v) is 6.80. The number of piperidine rings is 1. The number of para-hydroxylation sites is 1. The first-order chi connectivity index (χ1) is 16.4. The van der Waals surface area contributed by atoms with Crippen LogP contribution >= 0.6 is 11.3 Å². The van der Waals surface area contributed by atoms with Gasteiger partial charge in [-0.25, -0.2) is 18.7 Å². The molecule has 0 aliphatic carbocycles. The van der Waals surface area contributed by atoms with Gasteiger partial charge in [0.15, 0.2) is 11.5 Å². The minimum atomic E-state index is -3.50. The maximum atomic E-state index is 12.7. The largest absolute Gasteiger partial charge is 0.486 e. The van der Waals surface area contributed by atoms with E-state index in [2.05, 4.69) is 10.8 Å². The maximum absolute atomic E-state index is 12.7. The molecule has 10 nitrogen and oxygen atoms in total. The van der Waals surface area contributed by atoms with Gasteiger partial charge < -0.3 is 19.5 Å². The van der Waals surface area contributed by atoms with Gasteiger partial charge in [-0.2, -0.15) is 4.31 Å². The number of nitrogens with one attached hydrogen (secondary N) is 2. The van der Waals surface area contributed by atoms with Crippen molar-refractivity contribution in [3.8, 4) is 11.5 Å². The molecule has 1 spiro atoms. The molecule has 2 aromatic rings. The molecule has 182 valence electrons. The van der Waals surface area contributed by atoms with Gasteiger partial charge in [-0.3, -0.25) is 4.84 Å². The van der Waals surface area contributed by atoms with Crippen molar-refractivity contribution in [1.82, 2.24) is 15.1 Å². The number of amides is 1. The third kappa shape index (κ3) is 4.45. The monoisotopic (exact) mass is 507 g/mol. The van der Waals surface area contributed by atoms with Gasteiger partial charge in [0.2, 0.25) is 5.88 Å². The van der Waals surface area contributed by atoms with Crippen molar-refractivity contribution in [3.63, 3.8) is 0 Å². The van der Waals surface area contributed by atoms with E-state index in [0.29, 0.717) is 54.9 Å². The summed E-state index contributed by atoms with van der Waals surface area (Å²) in [6.07, 6.45) is 1.92. The molecule has 2 N–H and O–H groups in total. The Kier molecular flexibility index (Phi) is 6.15. The van der Waals surface area contributed by atoms with E-state index < -0.39 is 21.7 Å². The van der Waals surface area contributed by atoms with Crippen LogP contribution in [0, 0.1) is 0 Å². The van der Waals surface area contributed by atoms with E-state index in [9.17, 15) is 13.2 Å². The third-order valence-corrected chi connectivity index (χ3v) is 9.28. The molecular formula is C22H25N3O7S2. The fourth-order valence-electron chi connectivity index (χ4n) is 4.21. The van der Waals surface area contributed by atoms with Crippen molar-refractivity contribution in [3.05, 3.63) is 53.2 Å². The van der Waals surface area contributed by atoms with Gasteiger partial charge in [-0.05, 0) is 37.3 Å². The van der Waals surface area contributed by atoms with E-state index in [1.165, 1.54) is 15.6 Å². The number of thiophene rings is 1. The number of carbonyl (C=O) groups excluding carboxylic acids is 1. The lowest BCUT2D eigenvalue weighted by Crippen LogP contribution is -2.46. The standard InChI is InChI=1S/C22H25N3O7S2/c1-15(16-4-2-5-17-20(16)30-12-11-29-17)23-21(26)31-18-14-22(32-24-18)7-9-25(10-8-22)34(27,28)19-6-3-13-33-19/h2-6,13-15,24H,7-12H2,1H3,(H,23,26). The SMILES string of the molecule is CC(NC(=O)OC1=CC2(CCN(S(=O)(=O)c3cccs3)CC2)ON1)c1cccc2c1OCCO2. The molecule has 1 fully saturated rings. The van der Waals surface area contributed by atoms with Gasteiger partial charge in [0.05, 0.1) is 6.04 Å². The summed E-state index contributed by atoms with van der Waals surface area (Å²) >= 11 is 1.20. The van der Waals surface area contributed by atoms with Crippen molar-refractivity contribution in [2.45, 2.75) is 35.6 Å². The van der Waals surface area contributed by atoms with Crippen LogP contribution in [0.2, 0.25) is 0 Å². The zero-order chi connectivity index (χ0) is 23.8. The Morgan fingerprint density at radius 1 is 1.21 bits per heavy atom. The average Bonchev–Trinajstić information content (AvgIpc) is 3.50. The molecule has 12 heteroatoms. The molecule has 4 heterocycles. The molecule has 3 aliphatic heterocycles. The van der Waals surface area contributed by atoms with Crippen LogP contribution in [0.5, 0.6) is 11.5 Å². The number of ether oxygens (including phenoxy) is 3. The van der Waals surface area contributed by atoms with E-state index in [-0.39, 0.29) is 11.9 Å². The molecule has 1 unspecified atom stereocenters. The number of hydrogen-bond acceptors (Lipinski definition) is 9. The molecular weight excluding hydrogens is 482 g/mol. The number of rotatable bonds is 5. The smallest absolute Gasteiger partial charge is 0.414 e. The first-order valence-electron chi connectivity index (χ1n) is 10.9. The highest BCUT2D eigenvalue weighted by Gasteiger charge is 2.42. The van der Waals surface area contributed by atoms with Gasteiger partial charge in [-0.15, -0.1) is 11.3 Å². The van der Waals surface area contributed by atoms with Crippen LogP contribution in [0.15, 0.2) is 51.9 Å². The Morgan fingerprint density at radius 2 is 2.00 bits per heavy atom. The summed E-state index contributed by atoms with van der Waals surface area (Å²) in [7, 11) is -3.50. The van der Waals surface area contributed by atoms with Gasteiger partial charge in [0.1, 0.15) is 23.0 Å². The summed E-state index contributed by atoms with van der Waals surface area (Å²) < 4.78 is 44.0. The number of hydroxylamine groups is 1. The van der Waals surface area contributed by atoms with Crippen molar-refractivity contribution >= 4 is 27.5 Å². The second kappa shape index (κ2) is 9.10. The fraction of sp³-hybridized carbons (Fsp3) is 0.409. The lowest BCUT2D eigenvalue weighted by molar-refractivity contribution is -0.0729. The zero-order valence-corrected chi connectivity index (χ0v) is 20.1. The molecule has 3 aliphatic rings. The maximum Gasteiger partial charge on any atom is 0.414 e. The molecule has 0 radical (unpaired) electrons. The topological polar surface area (TPSA) is 115 Å². The Hall–Kier alpha value is -2.80. The predicted molar refractivity (Wildman–Crippen MR) is 123 cm³/mol. The minimum absolute atomic E-state index is 0.175. The van der Waals surface area contributed by atoms with E-state index in [0.717, 1.165) is 5.56 Å². The number of fused-ring (bicyclic) bond motifs is 1. The van der Waals surface area contributed by atoms with Crippen LogP contribution in [-0.2, 0) is 19.6 Å². The third-order valence-electron chi connectivity index (χ3n) is 6.01. The van der Waals surface area contributed by atoms with Crippen molar-refractivity contribution in [2.75, 3.05) is 26.3 Å². The second-order valence-electron chi connectivity index (χ2n) is 8.24. The highest BCUT2D eigenvalue weighted by Crippen LogP contribution is 2.37. The summed E-state index contributed by atoms with van der Waals surface area (Å²) in [4.78, 5) is 18.2. The van der Waals surface area contributed by atoms with Crippen LogP contribution in [-0.4, -0.2) is 50.7 Å².